The van der Waals surface area contributed by atoms with Gasteiger partial charge in [-0.05, 0) is 82.5 Å². The van der Waals surface area contributed by atoms with E-state index >= 15 is 0 Å². The molecule has 4 nitrogen and oxygen atoms in total. The highest BCUT2D eigenvalue weighted by molar-refractivity contribution is 9.10. The molecule has 0 unspecified atom stereocenters. The lowest BCUT2D eigenvalue weighted by molar-refractivity contribution is 0.0551. The Balaban J connectivity index is 1.66. The van der Waals surface area contributed by atoms with E-state index in [1.165, 1.54) is 32.4 Å². The molecule has 46 heavy (non-hydrogen) atoms. The molecule has 0 aliphatic carbocycles. The first kappa shape index (κ1) is 27.2. The average molecular weight is 662 g/mol. The van der Waals surface area contributed by atoms with Gasteiger partial charge in [0, 0.05) is 36.8 Å². The molecule has 222 valence electrons. The van der Waals surface area contributed by atoms with Crippen LogP contribution in [0.25, 0.3) is 81.4 Å². The second kappa shape index (κ2) is 9.68. The molecular formula is C41H29BrN2O2. The molecule has 3 heterocycles. The highest BCUT2D eigenvalue weighted by Gasteiger charge is 2.25. The number of rotatable bonds is 0. The molecule has 9 rings (SSSR count). The van der Waals surface area contributed by atoms with Crippen LogP contribution in [-0.2, 0) is 4.74 Å². The number of hydrogen-bond donors (Lipinski definition) is 0. The third-order valence-electron chi connectivity index (χ3n) is 9.09. The van der Waals surface area contributed by atoms with E-state index in [-0.39, 0.29) is 0 Å². The Hall–Kier alpha value is -5.13. The van der Waals surface area contributed by atoms with Crippen LogP contribution in [0.5, 0.6) is 0 Å². The smallest absolute Gasteiger partial charge is 0.419 e. The first-order chi connectivity index (χ1) is 22.3. The summed E-state index contributed by atoms with van der Waals surface area (Å²) in [6.45, 7) is 5.71. The van der Waals surface area contributed by atoms with Crippen molar-refractivity contribution in [2.45, 2.75) is 26.4 Å². The van der Waals surface area contributed by atoms with Crippen molar-refractivity contribution < 1.29 is 9.53 Å². The Kier molecular flexibility index (Phi) is 5.73. The fourth-order valence-electron chi connectivity index (χ4n) is 7.35. The molecule has 0 spiro atoms. The van der Waals surface area contributed by atoms with Gasteiger partial charge in [-0.25, -0.2) is 9.36 Å². The normalized spacial score (nSPS) is 12.4. The van der Waals surface area contributed by atoms with Crippen LogP contribution in [0.3, 0.4) is 0 Å². The second-order valence-electron chi connectivity index (χ2n) is 13.0. The van der Waals surface area contributed by atoms with Gasteiger partial charge in [0.2, 0.25) is 0 Å². The third-order valence-corrected chi connectivity index (χ3v) is 9.73. The zero-order chi connectivity index (χ0) is 31.3. The molecule has 6 aromatic carbocycles. The van der Waals surface area contributed by atoms with Gasteiger partial charge in [0.05, 0.1) is 27.6 Å². The van der Waals surface area contributed by atoms with E-state index in [2.05, 4.69) is 130 Å². The van der Waals surface area contributed by atoms with Gasteiger partial charge in [0.15, 0.2) is 0 Å². The number of hydrogen-bond acceptors (Lipinski definition) is 2. The molecule has 0 bridgehead atoms. The van der Waals surface area contributed by atoms with Crippen molar-refractivity contribution in [1.82, 2.24) is 8.97 Å². The zero-order valence-corrected chi connectivity index (χ0v) is 27.2. The SMILES string of the molecule is CC(C)(C)OC(=O)n1c2cc3c4ccccc4c4ccccc4c4cccc5c6ccccc6n(c3cc2c2cccc(Br)c21)c45. The quantitative estimate of drug-likeness (QED) is 0.162. The van der Waals surface area contributed by atoms with Crippen LogP contribution in [-0.4, -0.2) is 20.7 Å². The van der Waals surface area contributed by atoms with Gasteiger partial charge in [0.1, 0.15) is 5.60 Å². The van der Waals surface area contributed by atoms with Gasteiger partial charge in [-0.1, -0.05) is 97.1 Å². The van der Waals surface area contributed by atoms with E-state index < -0.39 is 11.7 Å². The summed E-state index contributed by atoms with van der Waals surface area (Å²) >= 11 is 3.77. The molecular weight excluding hydrogens is 632 g/mol. The summed E-state index contributed by atoms with van der Waals surface area (Å²) in [6, 6.07) is 43.2. The first-order valence-corrected chi connectivity index (χ1v) is 16.3. The second-order valence-corrected chi connectivity index (χ2v) is 13.8. The maximum Gasteiger partial charge on any atom is 0.419 e. The van der Waals surface area contributed by atoms with Crippen molar-refractivity contribution >= 4 is 103 Å². The Morgan fingerprint density at radius 3 is 1.63 bits per heavy atom. The lowest BCUT2D eigenvalue weighted by atomic mass is 10.0. The third kappa shape index (κ3) is 3.82. The fraction of sp³-hybridized carbons (Fsp3) is 0.0976. The molecule has 0 radical (unpaired) electrons. The lowest BCUT2D eigenvalue weighted by Gasteiger charge is -2.20. The van der Waals surface area contributed by atoms with E-state index in [9.17, 15) is 4.79 Å². The molecule has 0 amide bonds. The number of nitrogens with zero attached hydrogens (tertiary/aromatic N) is 2. The van der Waals surface area contributed by atoms with Crippen LogP contribution in [0, 0.1) is 0 Å². The summed E-state index contributed by atoms with van der Waals surface area (Å²) in [6.07, 6.45) is -0.403. The number of ether oxygens (including phenoxy) is 1. The summed E-state index contributed by atoms with van der Waals surface area (Å²) in [5.41, 5.74) is 4.32. The zero-order valence-electron chi connectivity index (χ0n) is 25.6. The maximum absolute atomic E-state index is 14.0. The van der Waals surface area contributed by atoms with Gasteiger partial charge in [-0.2, -0.15) is 0 Å². The highest BCUT2D eigenvalue weighted by Crippen LogP contribution is 2.42. The van der Waals surface area contributed by atoms with Crippen LogP contribution in [0.2, 0.25) is 0 Å². The number of halogens is 1. The van der Waals surface area contributed by atoms with Gasteiger partial charge < -0.3 is 9.14 Å². The van der Waals surface area contributed by atoms with Crippen molar-refractivity contribution in [3.63, 3.8) is 0 Å². The highest BCUT2D eigenvalue weighted by atomic mass is 79.9. The number of para-hydroxylation sites is 3. The van der Waals surface area contributed by atoms with Gasteiger partial charge in [0.25, 0.3) is 0 Å². The van der Waals surface area contributed by atoms with Crippen LogP contribution < -0.4 is 0 Å². The molecule has 5 heteroatoms. The molecule has 0 fully saturated rings. The molecule has 0 aliphatic heterocycles. The molecule has 0 atom stereocenters. The summed E-state index contributed by atoms with van der Waals surface area (Å²) in [7, 11) is 0. The van der Waals surface area contributed by atoms with E-state index in [4.69, 9.17) is 4.74 Å². The Morgan fingerprint density at radius 1 is 0.522 bits per heavy atom. The minimum absolute atomic E-state index is 0.403. The molecule has 0 N–H and O–H groups in total. The predicted molar refractivity (Wildman–Crippen MR) is 196 cm³/mol. The standard InChI is InChI=1S/C41H29BrN2O2/c1-41(2,3)46-40(45)44-37-22-32-27-15-7-5-13-25(27)24-12-4-6-14-26(24)29-17-10-18-30-28-16-8-9-21-35(28)43(38(29)30)36(32)23-33(37)31-19-11-20-34(42)39(31)44/h4-23H,1-3H3. The van der Waals surface area contributed by atoms with Crippen molar-refractivity contribution in [2.24, 2.45) is 0 Å². The molecule has 9 aromatic rings. The average Bonchev–Trinajstić information content (AvgIpc) is 3.57. The summed E-state index contributed by atoms with van der Waals surface area (Å²) < 4.78 is 11.0. The van der Waals surface area contributed by atoms with Crippen molar-refractivity contribution in [3.8, 4) is 0 Å². The molecule has 0 saturated heterocycles. The van der Waals surface area contributed by atoms with Crippen molar-refractivity contribution in [2.75, 3.05) is 0 Å². The number of fused-ring (bicyclic) bond motifs is 13. The first-order valence-electron chi connectivity index (χ1n) is 15.5. The van der Waals surface area contributed by atoms with Gasteiger partial charge >= 0.3 is 6.09 Å². The summed E-state index contributed by atoms with van der Waals surface area (Å²) in [5, 5.41) is 11.2. The van der Waals surface area contributed by atoms with E-state index in [0.29, 0.717) is 0 Å². The largest absolute Gasteiger partial charge is 0.443 e. The Labute approximate surface area is 273 Å². The Morgan fingerprint density at radius 2 is 0.978 bits per heavy atom. The minimum Gasteiger partial charge on any atom is -0.443 e. The number of benzene rings is 6. The van der Waals surface area contributed by atoms with Gasteiger partial charge in [-0.15, -0.1) is 0 Å². The Bertz CT molecular complexity index is 2800. The van der Waals surface area contributed by atoms with E-state index in [0.717, 1.165) is 53.5 Å². The molecule has 0 saturated carbocycles. The van der Waals surface area contributed by atoms with Crippen LogP contribution in [0.15, 0.2) is 126 Å². The van der Waals surface area contributed by atoms with E-state index in [1.54, 1.807) is 4.57 Å². The lowest BCUT2D eigenvalue weighted by Crippen LogP contribution is -2.27. The maximum atomic E-state index is 14.0. The van der Waals surface area contributed by atoms with Crippen LogP contribution in [0.1, 0.15) is 20.8 Å². The van der Waals surface area contributed by atoms with Crippen LogP contribution >= 0.6 is 15.9 Å². The fourth-order valence-corrected chi connectivity index (χ4v) is 7.89. The predicted octanol–water partition coefficient (Wildman–Crippen LogP) is 11.9. The minimum atomic E-state index is -0.654. The van der Waals surface area contributed by atoms with Gasteiger partial charge in [-0.3, -0.25) is 0 Å². The number of aromatic nitrogens is 2. The van der Waals surface area contributed by atoms with E-state index in [1.807, 2.05) is 32.9 Å². The molecule has 0 aliphatic rings. The number of carbonyl (C=O) groups is 1. The summed E-state index contributed by atoms with van der Waals surface area (Å²) in [4.78, 5) is 14.0. The molecule has 3 aromatic heterocycles. The monoisotopic (exact) mass is 660 g/mol. The number of carbonyl (C=O) groups excluding carboxylic acids is 1. The topological polar surface area (TPSA) is 35.6 Å². The van der Waals surface area contributed by atoms with Crippen molar-refractivity contribution in [3.05, 3.63) is 126 Å². The summed E-state index contributed by atoms with van der Waals surface area (Å²) in [5.74, 6) is 0. The van der Waals surface area contributed by atoms with Crippen LogP contribution in [0.4, 0.5) is 4.79 Å². The van der Waals surface area contributed by atoms with Crippen molar-refractivity contribution in [1.29, 1.82) is 0 Å².